The van der Waals surface area contributed by atoms with Crippen molar-refractivity contribution in [1.29, 1.82) is 0 Å². The minimum atomic E-state index is -1.03. The van der Waals surface area contributed by atoms with Crippen LogP contribution in [-0.4, -0.2) is 54.7 Å². The molecule has 1 N–H and O–H groups in total. The fraction of sp³-hybridized carbons (Fsp3) is 0.565. The zero-order valence-corrected chi connectivity index (χ0v) is 18.2. The van der Waals surface area contributed by atoms with E-state index < -0.39 is 11.6 Å². The van der Waals surface area contributed by atoms with Gasteiger partial charge in [0.2, 0.25) is 5.82 Å². The first-order valence-electron chi connectivity index (χ1n) is 11.1. The van der Waals surface area contributed by atoms with E-state index in [1.54, 1.807) is 0 Å². The van der Waals surface area contributed by atoms with E-state index in [1.807, 2.05) is 6.92 Å². The van der Waals surface area contributed by atoms with Crippen LogP contribution in [0.25, 0.3) is 11.3 Å². The second-order valence-corrected chi connectivity index (χ2v) is 8.30. The third-order valence-corrected chi connectivity index (χ3v) is 6.05. The van der Waals surface area contributed by atoms with Crippen LogP contribution in [0.2, 0.25) is 0 Å². The molecule has 0 amide bonds. The average molecular weight is 433 g/mol. The SMILES string of the molecule is CCOCOc1c(-c2nnc(N[C@@H]3CCCN(C)C3)c3c2CCCC3)ccc(F)c1F. The molecule has 1 aromatic heterocycles. The van der Waals surface area contributed by atoms with Crippen LogP contribution >= 0.6 is 0 Å². The molecule has 1 atom stereocenters. The van der Waals surface area contributed by atoms with Crippen molar-refractivity contribution in [3.8, 4) is 17.0 Å². The van der Waals surface area contributed by atoms with E-state index in [0.717, 1.165) is 74.6 Å². The Morgan fingerprint density at radius 1 is 1.13 bits per heavy atom. The molecule has 0 bridgehead atoms. The van der Waals surface area contributed by atoms with Crippen molar-refractivity contribution in [1.82, 2.24) is 15.1 Å². The van der Waals surface area contributed by atoms with Crippen molar-refractivity contribution in [2.45, 2.75) is 51.5 Å². The van der Waals surface area contributed by atoms with Gasteiger partial charge >= 0.3 is 0 Å². The Morgan fingerprint density at radius 2 is 1.94 bits per heavy atom. The number of hydrogen-bond donors (Lipinski definition) is 1. The number of anilines is 1. The molecule has 1 aromatic carbocycles. The van der Waals surface area contributed by atoms with E-state index in [-0.39, 0.29) is 12.5 Å². The highest BCUT2D eigenvalue weighted by Crippen LogP contribution is 2.39. The fourth-order valence-electron chi connectivity index (χ4n) is 4.50. The summed E-state index contributed by atoms with van der Waals surface area (Å²) in [5, 5.41) is 12.6. The summed E-state index contributed by atoms with van der Waals surface area (Å²) in [6.07, 6.45) is 6.06. The third kappa shape index (κ3) is 4.80. The van der Waals surface area contributed by atoms with Gasteiger partial charge in [-0.1, -0.05) is 0 Å². The number of benzene rings is 1. The number of ether oxygens (including phenoxy) is 2. The van der Waals surface area contributed by atoms with Crippen LogP contribution in [0.5, 0.6) is 5.75 Å². The van der Waals surface area contributed by atoms with Crippen molar-refractivity contribution in [2.24, 2.45) is 0 Å². The van der Waals surface area contributed by atoms with Gasteiger partial charge in [0.15, 0.2) is 24.2 Å². The predicted octanol–water partition coefficient (Wildman–Crippen LogP) is 4.18. The van der Waals surface area contributed by atoms with Gasteiger partial charge in [0, 0.05) is 30.3 Å². The van der Waals surface area contributed by atoms with E-state index >= 15 is 0 Å². The lowest BCUT2D eigenvalue weighted by Gasteiger charge is -2.31. The maximum Gasteiger partial charge on any atom is 0.201 e. The number of aromatic nitrogens is 2. The summed E-state index contributed by atoms with van der Waals surface area (Å²) in [7, 11) is 2.13. The van der Waals surface area contributed by atoms with Gasteiger partial charge in [0.1, 0.15) is 5.69 Å². The minimum absolute atomic E-state index is 0.158. The van der Waals surface area contributed by atoms with Crippen LogP contribution in [0.15, 0.2) is 12.1 Å². The number of nitrogens with one attached hydrogen (secondary N) is 1. The summed E-state index contributed by atoms with van der Waals surface area (Å²) in [6, 6.07) is 2.96. The van der Waals surface area contributed by atoms with E-state index in [4.69, 9.17) is 9.47 Å². The zero-order valence-electron chi connectivity index (χ0n) is 18.2. The lowest BCUT2D eigenvalue weighted by molar-refractivity contribution is 0.0201. The lowest BCUT2D eigenvalue weighted by Crippen LogP contribution is -2.40. The summed E-state index contributed by atoms with van der Waals surface area (Å²) in [6.45, 7) is 4.15. The quantitative estimate of drug-likeness (QED) is 0.523. The molecule has 6 nitrogen and oxygen atoms in total. The Morgan fingerprint density at radius 3 is 2.71 bits per heavy atom. The number of halogens is 2. The first-order valence-corrected chi connectivity index (χ1v) is 11.1. The van der Waals surface area contributed by atoms with Crippen molar-refractivity contribution in [3.63, 3.8) is 0 Å². The first-order chi connectivity index (χ1) is 15.1. The number of rotatable bonds is 7. The highest BCUT2D eigenvalue weighted by atomic mass is 19.2. The molecule has 1 saturated heterocycles. The van der Waals surface area contributed by atoms with Gasteiger partial charge in [0.05, 0.1) is 0 Å². The predicted molar refractivity (Wildman–Crippen MR) is 115 cm³/mol. The van der Waals surface area contributed by atoms with Crippen LogP contribution in [-0.2, 0) is 17.6 Å². The zero-order chi connectivity index (χ0) is 21.8. The molecule has 8 heteroatoms. The Bertz CT molecular complexity index is 925. The number of nitrogens with zero attached hydrogens (tertiary/aromatic N) is 3. The maximum absolute atomic E-state index is 14.6. The van der Waals surface area contributed by atoms with Crippen LogP contribution in [0.4, 0.5) is 14.6 Å². The minimum Gasteiger partial charge on any atom is -0.464 e. The van der Waals surface area contributed by atoms with Crippen LogP contribution in [0, 0.1) is 11.6 Å². The van der Waals surface area contributed by atoms with E-state index in [9.17, 15) is 8.78 Å². The second-order valence-electron chi connectivity index (χ2n) is 8.30. The molecular formula is C23H30F2N4O2. The topological polar surface area (TPSA) is 59.5 Å². The van der Waals surface area contributed by atoms with E-state index in [1.165, 1.54) is 6.07 Å². The van der Waals surface area contributed by atoms with Crippen LogP contribution in [0.3, 0.4) is 0 Å². The summed E-state index contributed by atoms with van der Waals surface area (Å²) >= 11 is 0. The normalized spacial score (nSPS) is 19.2. The second kappa shape index (κ2) is 9.87. The summed E-state index contributed by atoms with van der Waals surface area (Å²) in [5.74, 6) is -1.35. The number of likely N-dealkylation sites (tertiary alicyclic amines) is 1. The van der Waals surface area contributed by atoms with Gasteiger partial charge in [-0.3, -0.25) is 0 Å². The summed E-state index contributed by atoms with van der Waals surface area (Å²) in [5.41, 5.74) is 3.14. The van der Waals surface area contributed by atoms with Gasteiger partial charge in [-0.25, -0.2) is 4.39 Å². The van der Waals surface area contributed by atoms with Crippen molar-refractivity contribution in [3.05, 3.63) is 34.9 Å². The van der Waals surface area contributed by atoms with Crippen molar-refractivity contribution in [2.75, 3.05) is 38.9 Å². The first kappa shape index (κ1) is 21.9. The molecule has 31 heavy (non-hydrogen) atoms. The third-order valence-electron chi connectivity index (χ3n) is 6.05. The summed E-state index contributed by atoms with van der Waals surface area (Å²) in [4.78, 5) is 2.32. The smallest absolute Gasteiger partial charge is 0.201 e. The summed E-state index contributed by atoms with van der Waals surface area (Å²) < 4.78 is 39.2. The standard InChI is InChI=1S/C23H30F2N4O2/c1-3-30-14-31-22-18(10-11-19(24)20(22)25)21-16-8-4-5-9-17(16)23(28-27-21)26-15-7-6-12-29(2)13-15/h10-11,15H,3-9,12-14H2,1-2H3,(H,26,28)/t15-/m1/s1. The number of fused-ring (bicyclic) bond motifs is 1. The molecule has 0 saturated carbocycles. The van der Waals surface area contributed by atoms with Crippen LogP contribution < -0.4 is 10.1 Å². The molecule has 2 aliphatic rings. The van der Waals surface area contributed by atoms with Crippen molar-refractivity contribution >= 4 is 5.82 Å². The monoisotopic (exact) mass is 432 g/mol. The maximum atomic E-state index is 14.6. The molecule has 1 aliphatic heterocycles. The number of likely N-dealkylation sites (N-methyl/N-ethyl adjacent to an activating group) is 1. The molecular weight excluding hydrogens is 402 g/mol. The van der Waals surface area contributed by atoms with Gasteiger partial charge in [-0.05, 0) is 76.7 Å². The molecule has 2 aromatic rings. The Hall–Kier alpha value is -2.32. The Labute approximate surface area is 181 Å². The van der Waals surface area contributed by atoms with Gasteiger partial charge < -0.3 is 19.7 Å². The molecule has 1 fully saturated rings. The average Bonchev–Trinajstić information content (AvgIpc) is 2.77. The Balaban J connectivity index is 1.70. The highest BCUT2D eigenvalue weighted by Gasteiger charge is 2.26. The van der Waals surface area contributed by atoms with Gasteiger partial charge in [0.25, 0.3) is 0 Å². The van der Waals surface area contributed by atoms with E-state index in [0.29, 0.717) is 23.9 Å². The molecule has 1 aliphatic carbocycles. The fourth-order valence-corrected chi connectivity index (χ4v) is 4.50. The van der Waals surface area contributed by atoms with Crippen LogP contribution in [0.1, 0.15) is 43.7 Å². The Kier molecular flexibility index (Phi) is 6.97. The molecule has 0 radical (unpaired) electrons. The molecule has 0 spiro atoms. The van der Waals surface area contributed by atoms with Crippen molar-refractivity contribution < 1.29 is 18.3 Å². The van der Waals surface area contributed by atoms with Gasteiger partial charge in [-0.2, -0.15) is 4.39 Å². The number of piperidine rings is 1. The molecule has 4 rings (SSSR count). The largest absolute Gasteiger partial charge is 0.464 e. The molecule has 168 valence electrons. The van der Waals surface area contributed by atoms with Gasteiger partial charge in [-0.15, -0.1) is 10.2 Å². The number of hydrogen-bond acceptors (Lipinski definition) is 6. The van der Waals surface area contributed by atoms with E-state index in [2.05, 4.69) is 27.5 Å². The highest BCUT2D eigenvalue weighted by molar-refractivity contribution is 5.73. The molecule has 2 heterocycles. The lowest BCUT2D eigenvalue weighted by atomic mass is 9.88. The molecule has 0 unspecified atom stereocenters.